The Hall–Kier alpha value is -1.89. The minimum Gasteiger partial charge on any atom is -0.397 e. The molecule has 0 aliphatic heterocycles. The first-order valence-electron chi connectivity index (χ1n) is 5.97. The van der Waals surface area contributed by atoms with Gasteiger partial charge in [-0.2, -0.15) is 0 Å². The number of hydrogen-bond acceptors (Lipinski definition) is 5. The van der Waals surface area contributed by atoms with Gasteiger partial charge in [-0.3, -0.25) is 9.00 Å². The van der Waals surface area contributed by atoms with E-state index in [1.807, 2.05) is 6.92 Å². The lowest BCUT2D eigenvalue weighted by atomic mass is 10.2. The number of aromatic nitrogens is 2. The number of aromatic amines is 1. The molecule has 0 spiro atoms. The molecule has 1 heterocycles. The number of hydrogen-bond donors (Lipinski definition) is 3. The molecule has 0 saturated carbocycles. The zero-order valence-electron chi connectivity index (χ0n) is 10.6. The number of nitrogen functional groups attached to an aromatic ring is 1. The number of nitrogens with two attached hydrogens (primary N) is 1. The van der Waals surface area contributed by atoms with Gasteiger partial charge >= 0.3 is 0 Å². The quantitative estimate of drug-likeness (QED) is 0.699. The van der Waals surface area contributed by atoms with Crippen LogP contribution in [0.15, 0.2) is 23.3 Å². The van der Waals surface area contributed by atoms with Crippen LogP contribution >= 0.6 is 0 Å². The van der Waals surface area contributed by atoms with Gasteiger partial charge in [0.1, 0.15) is 0 Å². The Balaban J connectivity index is 2.22. The molecule has 19 heavy (non-hydrogen) atoms. The molecule has 102 valence electrons. The molecule has 0 bridgehead atoms. The molecular formula is C12H16N4O2S. The predicted molar refractivity (Wildman–Crippen MR) is 78.8 cm³/mol. The van der Waals surface area contributed by atoms with Crippen molar-refractivity contribution in [3.8, 4) is 0 Å². The maximum absolute atomic E-state index is 11.6. The fraction of sp³-hybridized carbons (Fsp3) is 0.333. The van der Waals surface area contributed by atoms with Gasteiger partial charge in [-0.1, -0.05) is 6.92 Å². The van der Waals surface area contributed by atoms with Crippen molar-refractivity contribution in [3.05, 3.63) is 28.8 Å². The molecule has 0 fully saturated rings. The van der Waals surface area contributed by atoms with Gasteiger partial charge in [0, 0.05) is 28.9 Å². The summed E-state index contributed by atoms with van der Waals surface area (Å²) < 4.78 is 11.3. The van der Waals surface area contributed by atoms with E-state index < -0.39 is 10.8 Å². The fourth-order valence-electron chi connectivity index (χ4n) is 1.73. The summed E-state index contributed by atoms with van der Waals surface area (Å²) in [5.41, 5.74) is 7.44. The lowest BCUT2D eigenvalue weighted by Gasteiger charge is -2.09. The summed E-state index contributed by atoms with van der Waals surface area (Å²) in [6.45, 7) is 2.45. The smallest absolute Gasteiger partial charge is 0.258 e. The van der Waals surface area contributed by atoms with Crippen LogP contribution in [0.3, 0.4) is 0 Å². The van der Waals surface area contributed by atoms with Crippen LogP contribution in [0.1, 0.15) is 6.92 Å². The van der Waals surface area contributed by atoms with Crippen LogP contribution in [0.2, 0.25) is 0 Å². The Kier molecular flexibility index (Phi) is 4.16. The molecule has 7 heteroatoms. The minimum atomic E-state index is -0.812. The first kappa shape index (κ1) is 13.5. The summed E-state index contributed by atoms with van der Waals surface area (Å²) in [5.74, 6) is 1.21. The molecule has 1 aromatic carbocycles. The third kappa shape index (κ3) is 3.11. The van der Waals surface area contributed by atoms with E-state index in [0.29, 0.717) is 40.3 Å². The lowest BCUT2D eigenvalue weighted by molar-refractivity contribution is 0.684. The maximum atomic E-state index is 11.6. The zero-order chi connectivity index (χ0) is 13.8. The molecule has 0 saturated heterocycles. The lowest BCUT2D eigenvalue weighted by Crippen LogP contribution is -2.14. The second-order valence-corrected chi connectivity index (χ2v) is 5.91. The Morgan fingerprint density at radius 1 is 1.47 bits per heavy atom. The number of nitrogens with one attached hydrogen (secondary N) is 2. The number of rotatable bonds is 5. The third-order valence-corrected chi connectivity index (χ3v) is 4.08. The average molecular weight is 280 g/mol. The van der Waals surface area contributed by atoms with Crippen LogP contribution in [-0.4, -0.2) is 32.2 Å². The number of anilines is 2. The summed E-state index contributed by atoms with van der Waals surface area (Å²) in [6.07, 6.45) is 1.36. The Morgan fingerprint density at radius 2 is 2.26 bits per heavy atom. The van der Waals surface area contributed by atoms with Crippen molar-refractivity contribution in [1.82, 2.24) is 9.97 Å². The molecule has 1 atom stereocenters. The summed E-state index contributed by atoms with van der Waals surface area (Å²) >= 11 is 0. The van der Waals surface area contributed by atoms with Crippen LogP contribution in [-0.2, 0) is 10.8 Å². The Bertz CT molecular complexity index is 668. The molecule has 2 rings (SSSR count). The van der Waals surface area contributed by atoms with E-state index in [-0.39, 0.29) is 5.56 Å². The van der Waals surface area contributed by atoms with Crippen molar-refractivity contribution in [2.24, 2.45) is 0 Å². The molecule has 0 aliphatic carbocycles. The second kappa shape index (κ2) is 5.83. The number of nitrogens with zero attached hydrogens (tertiary/aromatic N) is 1. The summed E-state index contributed by atoms with van der Waals surface area (Å²) in [7, 11) is -0.812. The zero-order valence-corrected chi connectivity index (χ0v) is 11.4. The third-order valence-electron chi connectivity index (χ3n) is 2.78. The van der Waals surface area contributed by atoms with Crippen LogP contribution in [0.25, 0.3) is 10.9 Å². The number of fused-ring (bicyclic) bond motifs is 1. The Labute approximate surface area is 112 Å². The van der Waals surface area contributed by atoms with Gasteiger partial charge < -0.3 is 16.0 Å². The molecule has 1 aromatic heterocycles. The maximum Gasteiger partial charge on any atom is 0.258 e. The van der Waals surface area contributed by atoms with E-state index in [9.17, 15) is 9.00 Å². The van der Waals surface area contributed by atoms with Gasteiger partial charge in [0.2, 0.25) is 0 Å². The van der Waals surface area contributed by atoms with Crippen molar-refractivity contribution in [2.75, 3.05) is 29.1 Å². The van der Waals surface area contributed by atoms with E-state index in [1.165, 1.54) is 6.33 Å². The van der Waals surface area contributed by atoms with Gasteiger partial charge in [0.05, 0.1) is 28.6 Å². The molecule has 4 N–H and O–H groups in total. The second-order valence-electron chi connectivity index (χ2n) is 4.05. The summed E-state index contributed by atoms with van der Waals surface area (Å²) in [5, 5.41) is 3.58. The molecule has 1 unspecified atom stereocenters. The van der Waals surface area contributed by atoms with E-state index in [4.69, 9.17) is 5.73 Å². The van der Waals surface area contributed by atoms with Crippen molar-refractivity contribution in [2.45, 2.75) is 6.92 Å². The van der Waals surface area contributed by atoms with E-state index in [1.54, 1.807) is 12.1 Å². The molecule has 0 amide bonds. The first-order valence-corrected chi connectivity index (χ1v) is 7.46. The van der Waals surface area contributed by atoms with Gasteiger partial charge in [-0.15, -0.1) is 0 Å². The SMILES string of the molecule is CCS(=O)CCNc1cc2nc[nH]c(=O)c2cc1N. The van der Waals surface area contributed by atoms with Crippen LogP contribution < -0.4 is 16.6 Å². The molecular weight excluding hydrogens is 264 g/mol. The van der Waals surface area contributed by atoms with Crippen LogP contribution in [0.5, 0.6) is 0 Å². The van der Waals surface area contributed by atoms with Gasteiger partial charge in [0.25, 0.3) is 5.56 Å². The highest BCUT2D eigenvalue weighted by molar-refractivity contribution is 7.84. The van der Waals surface area contributed by atoms with Gasteiger partial charge in [-0.25, -0.2) is 4.98 Å². The van der Waals surface area contributed by atoms with Crippen LogP contribution in [0, 0.1) is 0 Å². The van der Waals surface area contributed by atoms with E-state index in [0.717, 1.165) is 0 Å². The molecule has 0 aliphatic rings. The summed E-state index contributed by atoms with van der Waals surface area (Å²) in [4.78, 5) is 18.2. The van der Waals surface area contributed by atoms with E-state index >= 15 is 0 Å². The molecule has 6 nitrogen and oxygen atoms in total. The molecule has 2 aromatic rings. The standard InChI is InChI=1S/C12H16N4O2S/c1-2-19(18)4-3-14-11-6-10-8(5-9(11)13)12(17)16-7-15-10/h5-7,14H,2-4,13H2,1H3,(H,15,16,17). The monoisotopic (exact) mass is 280 g/mol. The highest BCUT2D eigenvalue weighted by Gasteiger charge is 2.06. The highest BCUT2D eigenvalue weighted by Crippen LogP contribution is 2.22. The largest absolute Gasteiger partial charge is 0.397 e. The average Bonchev–Trinajstić information content (AvgIpc) is 2.40. The normalized spacial score (nSPS) is 12.5. The van der Waals surface area contributed by atoms with Crippen LogP contribution in [0.4, 0.5) is 11.4 Å². The summed E-state index contributed by atoms with van der Waals surface area (Å²) in [6, 6.07) is 3.33. The van der Waals surface area contributed by atoms with Crippen molar-refractivity contribution in [1.29, 1.82) is 0 Å². The van der Waals surface area contributed by atoms with Gasteiger partial charge in [0.15, 0.2) is 0 Å². The van der Waals surface area contributed by atoms with Crippen molar-refractivity contribution >= 4 is 33.1 Å². The number of H-pyrrole nitrogens is 1. The van der Waals surface area contributed by atoms with Gasteiger partial charge in [-0.05, 0) is 12.1 Å². The highest BCUT2D eigenvalue weighted by atomic mass is 32.2. The predicted octanol–water partition coefficient (Wildman–Crippen LogP) is 0.686. The minimum absolute atomic E-state index is 0.213. The van der Waals surface area contributed by atoms with E-state index in [2.05, 4.69) is 15.3 Å². The molecule has 0 radical (unpaired) electrons. The Morgan fingerprint density at radius 3 is 3.00 bits per heavy atom. The fourth-order valence-corrected chi connectivity index (χ4v) is 2.35. The first-order chi connectivity index (χ1) is 9.11. The van der Waals surface area contributed by atoms with Crippen molar-refractivity contribution in [3.63, 3.8) is 0 Å². The number of benzene rings is 1. The topological polar surface area (TPSA) is 101 Å². The van der Waals surface area contributed by atoms with Crippen molar-refractivity contribution < 1.29 is 4.21 Å².